The van der Waals surface area contributed by atoms with Gasteiger partial charge in [-0.15, -0.1) is 0 Å². The Morgan fingerprint density at radius 2 is 1.91 bits per heavy atom. The third-order valence-corrected chi connectivity index (χ3v) is 4.52. The molecule has 120 valence electrons. The van der Waals surface area contributed by atoms with Gasteiger partial charge in [0.05, 0.1) is 0 Å². The van der Waals surface area contributed by atoms with E-state index in [9.17, 15) is 13.6 Å². The second-order valence-electron chi connectivity index (χ2n) is 5.95. The third kappa shape index (κ3) is 2.90. The Morgan fingerprint density at radius 1 is 1.18 bits per heavy atom. The number of aromatic nitrogens is 1. The van der Waals surface area contributed by atoms with Gasteiger partial charge in [-0.25, -0.2) is 18.6 Å². The highest BCUT2D eigenvalue weighted by molar-refractivity contribution is 5.93. The third-order valence-electron chi connectivity index (χ3n) is 4.52. The van der Waals surface area contributed by atoms with Gasteiger partial charge in [-0.1, -0.05) is 0 Å². The summed E-state index contributed by atoms with van der Waals surface area (Å²) in [5.74, 6) is 0.435. The van der Waals surface area contributed by atoms with Gasteiger partial charge in [0.25, 0.3) is 6.43 Å². The van der Waals surface area contributed by atoms with Crippen molar-refractivity contribution in [2.75, 3.05) is 18.0 Å². The van der Waals surface area contributed by atoms with E-state index in [1.807, 2.05) is 4.90 Å². The molecule has 0 unspecified atom stereocenters. The maximum absolute atomic E-state index is 12.6. The lowest BCUT2D eigenvalue weighted by molar-refractivity contribution is 0.151. The first-order valence-electron chi connectivity index (χ1n) is 7.64. The topological polar surface area (TPSA) is 62.5 Å². The molecule has 22 heavy (non-hydrogen) atoms. The molecule has 1 aliphatic heterocycles. The predicted octanol–water partition coefficient (Wildman–Crippen LogP) is 2.53. The fraction of sp³-hybridized carbons (Fsp3) is 0.600. The Labute approximate surface area is 128 Å². The van der Waals surface area contributed by atoms with Gasteiger partial charge in [0.15, 0.2) is 0 Å². The highest BCUT2D eigenvalue weighted by Crippen LogP contribution is 2.28. The van der Waals surface area contributed by atoms with Crippen LogP contribution in [-0.4, -0.2) is 41.1 Å². The zero-order valence-corrected chi connectivity index (χ0v) is 12.3. The van der Waals surface area contributed by atoms with Crippen LogP contribution in [-0.2, 0) is 0 Å². The van der Waals surface area contributed by atoms with E-state index in [-0.39, 0.29) is 23.7 Å². The Balaban J connectivity index is 1.68. The number of urea groups is 1. The Morgan fingerprint density at radius 3 is 2.50 bits per heavy atom. The summed E-state index contributed by atoms with van der Waals surface area (Å²) in [6.45, 7) is 1.19. The zero-order chi connectivity index (χ0) is 15.7. The number of nitrogens with zero attached hydrogens (tertiary/aromatic N) is 3. The van der Waals surface area contributed by atoms with Crippen molar-refractivity contribution in [2.45, 2.75) is 44.2 Å². The number of rotatable bonds is 3. The molecule has 7 heteroatoms. The number of carbonyl (C=O) groups is 1. The smallest absolute Gasteiger partial charge is 0.326 e. The minimum Gasteiger partial charge on any atom is -0.328 e. The average molecular weight is 310 g/mol. The average Bonchev–Trinajstić information content (AvgIpc) is 2.90. The first-order chi connectivity index (χ1) is 10.6. The van der Waals surface area contributed by atoms with E-state index in [2.05, 4.69) is 4.98 Å². The molecule has 5 nitrogen and oxygen atoms in total. The number of amides is 2. The summed E-state index contributed by atoms with van der Waals surface area (Å²) >= 11 is 0. The molecule has 0 radical (unpaired) electrons. The number of nitrogens with two attached hydrogens (primary N) is 1. The van der Waals surface area contributed by atoms with Crippen molar-refractivity contribution in [2.24, 2.45) is 5.73 Å². The van der Waals surface area contributed by atoms with Gasteiger partial charge in [-0.05, 0) is 37.8 Å². The Bertz CT molecular complexity index is 529. The summed E-state index contributed by atoms with van der Waals surface area (Å²) in [6.07, 6.45) is 2.33. The van der Waals surface area contributed by atoms with Crippen molar-refractivity contribution < 1.29 is 13.6 Å². The summed E-state index contributed by atoms with van der Waals surface area (Å²) in [5.41, 5.74) is 5.77. The van der Waals surface area contributed by atoms with Crippen LogP contribution in [0.1, 0.15) is 37.7 Å². The number of pyridine rings is 1. The molecule has 0 aromatic carbocycles. The molecule has 1 saturated carbocycles. The van der Waals surface area contributed by atoms with Gasteiger partial charge in [0.1, 0.15) is 5.82 Å². The molecule has 2 N–H and O–H groups in total. The van der Waals surface area contributed by atoms with Crippen molar-refractivity contribution in [3.8, 4) is 0 Å². The van der Waals surface area contributed by atoms with E-state index in [1.54, 1.807) is 4.90 Å². The number of anilines is 1. The van der Waals surface area contributed by atoms with Crippen molar-refractivity contribution in [1.29, 1.82) is 0 Å². The van der Waals surface area contributed by atoms with Gasteiger partial charge in [0, 0.05) is 36.9 Å². The van der Waals surface area contributed by atoms with Gasteiger partial charge >= 0.3 is 6.03 Å². The van der Waals surface area contributed by atoms with E-state index in [1.165, 1.54) is 12.1 Å². The van der Waals surface area contributed by atoms with Crippen LogP contribution < -0.4 is 10.6 Å². The summed E-state index contributed by atoms with van der Waals surface area (Å²) in [4.78, 5) is 20.0. The Hall–Kier alpha value is -1.76. The minimum absolute atomic E-state index is 0.0854. The quantitative estimate of drug-likeness (QED) is 0.933. The second-order valence-corrected chi connectivity index (χ2v) is 5.95. The lowest BCUT2D eigenvalue weighted by atomic mass is 9.91. The Kier molecular flexibility index (Phi) is 4.24. The van der Waals surface area contributed by atoms with Crippen LogP contribution in [0.4, 0.5) is 19.4 Å². The standard InChI is InChI=1S/C15H20F2N4O/c16-14(17)10-1-6-13(19-9-10)21-8-7-20(15(21)22)12-4-2-11(18)3-5-12/h1,6,9,11-12,14H,2-5,7-8,18H2. The molecule has 1 aromatic heterocycles. The number of carbonyl (C=O) groups excluding carboxylic acids is 1. The van der Waals surface area contributed by atoms with Gasteiger partial charge in [-0.2, -0.15) is 0 Å². The summed E-state index contributed by atoms with van der Waals surface area (Å²) in [5, 5.41) is 0. The highest BCUT2D eigenvalue weighted by Gasteiger charge is 2.36. The fourth-order valence-electron chi connectivity index (χ4n) is 3.20. The van der Waals surface area contributed by atoms with Crippen LogP contribution in [0.15, 0.2) is 18.3 Å². The summed E-state index contributed by atoms with van der Waals surface area (Å²) in [7, 11) is 0. The summed E-state index contributed by atoms with van der Waals surface area (Å²) < 4.78 is 25.1. The largest absolute Gasteiger partial charge is 0.328 e. The number of alkyl halides is 2. The van der Waals surface area contributed by atoms with Crippen LogP contribution in [0.3, 0.4) is 0 Å². The lowest BCUT2D eigenvalue weighted by Crippen LogP contribution is -2.43. The molecule has 2 heterocycles. The molecule has 1 aliphatic carbocycles. The maximum Gasteiger partial charge on any atom is 0.326 e. The molecule has 3 rings (SSSR count). The van der Waals surface area contributed by atoms with E-state index in [0.717, 1.165) is 31.9 Å². The molecule has 1 aromatic rings. The van der Waals surface area contributed by atoms with Crippen molar-refractivity contribution >= 4 is 11.8 Å². The minimum atomic E-state index is -2.54. The molecule has 0 atom stereocenters. The van der Waals surface area contributed by atoms with E-state index < -0.39 is 6.43 Å². The molecule has 2 fully saturated rings. The molecule has 0 bridgehead atoms. The molecule has 1 saturated heterocycles. The first-order valence-corrected chi connectivity index (χ1v) is 7.64. The molecule has 2 aliphatic rings. The molecular weight excluding hydrogens is 290 g/mol. The van der Waals surface area contributed by atoms with E-state index >= 15 is 0 Å². The van der Waals surface area contributed by atoms with Crippen LogP contribution in [0, 0.1) is 0 Å². The van der Waals surface area contributed by atoms with E-state index in [4.69, 9.17) is 5.73 Å². The monoisotopic (exact) mass is 310 g/mol. The predicted molar refractivity (Wildman–Crippen MR) is 78.9 cm³/mol. The van der Waals surface area contributed by atoms with Gasteiger partial charge in [-0.3, -0.25) is 4.90 Å². The van der Waals surface area contributed by atoms with E-state index in [0.29, 0.717) is 18.9 Å². The number of hydrogen-bond donors (Lipinski definition) is 1. The van der Waals surface area contributed by atoms with Crippen molar-refractivity contribution in [1.82, 2.24) is 9.88 Å². The second kappa shape index (κ2) is 6.16. The zero-order valence-electron chi connectivity index (χ0n) is 12.3. The molecular formula is C15H20F2N4O. The fourth-order valence-corrected chi connectivity index (χ4v) is 3.20. The first kappa shape index (κ1) is 15.1. The van der Waals surface area contributed by atoms with Gasteiger partial charge in [0.2, 0.25) is 0 Å². The summed E-state index contributed by atoms with van der Waals surface area (Å²) in [6, 6.07) is 3.20. The number of halogens is 2. The van der Waals surface area contributed by atoms with Crippen LogP contribution >= 0.6 is 0 Å². The van der Waals surface area contributed by atoms with Crippen LogP contribution in [0.2, 0.25) is 0 Å². The maximum atomic E-state index is 12.6. The molecule has 2 amide bonds. The van der Waals surface area contributed by atoms with Crippen LogP contribution in [0.5, 0.6) is 0 Å². The van der Waals surface area contributed by atoms with Crippen molar-refractivity contribution in [3.63, 3.8) is 0 Å². The number of hydrogen-bond acceptors (Lipinski definition) is 3. The molecule has 0 spiro atoms. The van der Waals surface area contributed by atoms with Crippen LogP contribution in [0.25, 0.3) is 0 Å². The highest BCUT2D eigenvalue weighted by atomic mass is 19.3. The lowest BCUT2D eigenvalue weighted by Gasteiger charge is -2.33. The normalized spacial score (nSPS) is 26.1. The SMILES string of the molecule is NC1CCC(N2CCN(c3ccc(C(F)F)cn3)C2=O)CC1. The van der Waals surface area contributed by atoms with Crippen molar-refractivity contribution in [3.05, 3.63) is 23.9 Å². The van der Waals surface area contributed by atoms with Gasteiger partial charge < -0.3 is 10.6 Å².